The van der Waals surface area contributed by atoms with Crippen LogP contribution in [0.5, 0.6) is 0 Å². The standard InChI is InChI=1S/C6H13N.Na/c1-7-5-3-2-4-6-7;/h2-6H2,1H3;/q;+1. The molecule has 0 N–H and O–H groups in total. The summed E-state index contributed by atoms with van der Waals surface area (Å²) < 4.78 is 0. The van der Waals surface area contributed by atoms with E-state index in [0.717, 1.165) is 0 Å². The molecule has 2 heteroatoms. The minimum atomic E-state index is 0. The van der Waals surface area contributed by atoms with Gasteiger partial charge in [0.1, 0.15) is 0 Å². The fourth-order valence-electron chi connectivity index (χ4n) is 1.05. The Kier molecular flexibility index (Phi) is 5.38. The van der Waals surface area contributed by atoms with Crippen LogP contribution < -0.4 is 29.6 Å². The minimum Gasteiger partial charge on any atom is -0.306 e. The summed E-state index contributed by atoms with van der Waals surface area (Å²) >= 11 is 0. The molecule has 0 aromatic rings. The third kappa shape index (κ3) is 3.08. The Balaban J connectivity index is 0.000000490. The van der Waals surface area contributed by atoms with Gasteiger partial charge in [-0.2, -0.15) is 0 Å². The van der Waals surface area contributed by atoms with Crippen LogP contribution in [-0.4, -0.2) is 25.0 Å². The summed E-state index contributed by atoms with van der Waals surface area (Å²) in [5.74, 6) is 0. The van der Waals surface area contributed by atoms with Crippen molar-refractivity contribution in [1.82, 2.24) is 4.90 Å². The van der Waals surface area contributed by atoms with Crippen LogP contribution in [0.2, 0.25) is 0 Å². The smallest absolute Gasteiger partial charge is 0.306 e. The Morgan fingerprint density at radius 1 is 1.00 bits per heavy atom. The van der Waals surface area contributed by atoms with Gasteiger partial charge in [-0.1, -0.05) is 6.42 Å². The number of nitrogens with zero attached hydrogens (tertiary/aromatic N) is 1. The van der Waals surface area contributed by atoms with E-state index in [0.29, 0.717) is 0 Å². The van der Waals surface area contributed by atoms with Gasteiger partial charge >= 0.3 is 29.6 Å². The molecule has 0 radical (unpaired) electrons. The molecule has 42 valence electrons. The van der Waals surface area contributed by atoms with Gasteiger partial charge < -0.3 is 4.90 Å². The zero-order valence-corrected chi connectivity index (χ0v) is 7.98. The third-order valence-corrected chi connectivity index (χ3v) is 1.58. The van der Waals surface area contributed by atoms with Gasteiger partial charge in [-0.3, -0.25) is 0 Å². The fourth-order valence-corrected chi connectivity index (χ4v) is 1.05. The van der Waals surface area contributed by atoms with E-state index in [1.54, 1.807) is 0 Å². The maximum absolute atomic E-state index is 2.39. The van der Waals surface area contributed by atoms with Crippen molar-refractivity contribution in [2.45, 2.75) is 19.3 Å². The molecule has 1 aliphatic rings. The number of hydrogen-bond acceptors (Lipinski definition) is 1. The van der Waals surface area contributed by atoms with E-state index in [2.05, 4.69) is 11.9 Å². The van der Waals surface area contributed by atoms with Crippen LogP contribution in [0.15, 0.2) is 0 Å². The summed E-state index contributed by atoms with van der Waals surface area (Å²) in [5, 5.41) is 0. The maximum Gasteiger partial charge on any atom is 1.00 e. The third-order valence-electron chi connectivity index (χ3n) is 1.58. The number of piperidine rings is 1. The van der Waals surface area contributed by atoms with Crippen LogP contribution in [0.4, 0.5) is 0 Å². The Morgan fingerprint density at radius 2 is 1.50 bits per heavy atom. The quantitative estimate of drug-likeness (QED) is 0.339. The number of likely N-dealkylation sites (tertiary alicyclic amines) is 1. The second-order valence-corrected chi connectivity index (χ2v) is 2.36. The summed E-state index contributed by atoms with van der Waals surface area (Å²) in [7, 11) is 2.19. The molecule has 1 rings (SSSR count). The van der Waals surface area contributed by atoms with Crippen LogP contribution in [-0.2, 0) is 0 Å². The van der Waals surface area contributed by atoms with Crippen LogP contribution in [0.25, 0.3) is 0 Å². The zero-order chi connectivity index (χ0) is 5.11. The summed E-state index contributed by atoms with van der Waals surface area (Å²) in [6.45, 7) is 2.64. The van der Waals surface area contributed by atoms with E-state index >= 15 is 0 Å². The Hall–Kier alpha value is 0.960. The molecule has 1 fully saturated rings. The van der Waals surface area contributed by atoms with Crippen molar-refractivity contribution in [3.63, 3.8) is 0 Å². The molecule has 8 heavy (non-hydrogen) atoms. The van der Waals surface area contributed by atoms with E-state index in [4.69, 9.17) is 0 Å². The van der Waals surface area contributed by atoms with Gasteiger partial charge in [-0.15, -0.1) is 0 Å². The SMILES string of the molecule is CN1CCCCC1.[Na+]. The van der Waals surface area contributed by atoms with Crippen molar-refractivity contribution in [2.75, 3.05) is 20.1 Å². The van der Waals surface area contributed by atoms with Crippen molar-refractivity contribution in [1.29, 1.82) is 0 Å². The largest absolute Gasteiger partial charge is 1.00 e. The number of hydrogen-bond donors (Lipinski definition) is 0. The normalized spacial score (nSPS) is 22.1. The van der Waals surface area contributed by atoms with E-state index in [1.807, 2.05) is 0 Å². The molecule has 1 saturated heterocycles. The average Bonchev–Trinajstić information content (AvgIpc) is 1.69. The second kappa shape index (κ2) is 4.80. The van der Waals surface area contributed by atoms with Crippen LogP contribution in [0, 0.1) is 0 Å². The van der Waals surface area contributed by atoms with Gasteiger partial charge in [0.15, 0.2) is 0 Å². The molecule has 0 aromatic heterocycles. The fraction of sp³-hybridized carbons (Fsp3) is 1.00. The summed E-state index contributed by atoms with van der Waals surface area (Å²) in [4.78, 5) is 2.39. The zero-order valence-electron chi connectivity index (χ0n) is 5.98. The van der Waals surface area contributed by atoms with E-state index in [-0.39, 0.29) is 29.6 Å². The molecule has 0 saturated carbocycles. The Morgan fingerprint density at radius 3 is 1.75 bits per heavy atom. The van der Waals surface area contributed by atoms with Gasteiger partial charge in [0.2, 0.25) is 0 Å². The van der Waals surface area contributed by atoms with Crippen molar-refractivity contribution in [2.24, 2.45) is 0 Å². The van der Waals surface area contributed by atoms with Gasteiger partial charge in [0, 0.05) is 0 Å². The average molecular weight is 122 g/mol. The van der Waals surface area contributed by atoms with E-state index in [1.165, 1.54) is 32.4 Å². The number of rotatable bonds is 0. The summed E-state index contributed by atoms with van der Waals surface area (Å²) in [6.07, 6.45) is 4.28. The molecule has 0 amide bonds. The van der Waals surface area contributed by atoms with Crippen molar-refractivity contribution in [3.8, 4) is 0 Å². The molecule has 0 aliphatic carbocycles. The first kappa shape index (κ1) is 8.96. The van der Waals surface area contributed by atoms with Crippen molar-refractivity contribution < 1.29 is 29.6 Å². The maximum atomic E-state index is 2.39. The van der Waals surface area contributed by atoms with Gasteiger partial charge in [-0.05, 0) is 33.0 Å². The van der Waals surface area contributed by atoms with E-state index in [9.17, 15) is 0 Å². The van der Waals surface area contributed by atoms with Crippen molar-refractivity contribution in [3.05, 3.63) is 0 Å². The Bertz CT molecular complexity index is 50.5. The molecule has 0 atom stereocenters. The predicted molar refractivity (Wildman–Crippen MR) is 31.3 cm³/mol. The van der Waals surface area contributed by atoms with Crippen LogP contribution in [0.3, 0.4) is 0 Å². The van der Waals surface area contributed by atoms with Gasteiger partial charge in [0.05, 0.1) is 0 Å². The molecule has 1 nitrogen and oxygen atoms in total. The van der Waals surface area contributed by atoms with Crippen molar-refractivity contribution >= 4 is 0 Å². The molecule has 0 unspecified atom stereocenters. The minimum absolute atomic E-state index is 0. The van der Waals surface area contributed by atoms with Crippen LogP contribution >= 0.6 is 0 Å². The first-order chi connectivity index (χ1) is 3.39. The monoisotopic (exact) mass is 122 g/mol. The Labute approximate surface area is 73.7 Å². The summed E-state index contributed by atoms with van der Waals surface area (Å²) in [5.41, 5.74) is 0. The topological polar surface area (TPSA) is 3.24 Å². The first-order valence-electron chi connectivity index (χ1n) is 3.08. The first-order valence-corrected chi connectivity index (χ1v) is 3.08. The molecule has 0 bridgehead atoms. The molecular formula is C6H13NNa+. The molecule has 1 heterocycles. The second-order valence-electron chi connectivity index (χ2n) is 2.36. The van der Waals surface area contributed by atoms with Crippen LogP contribution in [0.1, 0.15) is 19.3 Å². The van der Waals surface area contributed by atoms with Gasteiger partial charge in [-0.25, -0.2) is 0 Å². The summed E-state index contributed by atoms with van der Waals surface area (Å²) in [6, 6.07) is 0. The predicted octanol–water partition coefficient (Wildman–Crippen LogP) is -1.89. The molecule has 0 aromatic carbocycles. The molecule has 1 aliphatic heterocycles. The van der Waals surface area contributed by atoms with E-state index < -0.39 is 0 Å². The molecule has 0 spiro atoms. The molecular weight excluding hydrogens is 109 g/mol. The van der Waals surface area contributed by atoms with Gasteiger partial charge in [0.25, 0.3) is 0 Å².